The number of nitrogens with zero attached hydrogens (tertiary/aromatic N) is 2. The maximum absolute atomic E-state index is 12.5. The molecule has 1 amide bonds. The molecular formula is C19H26N4O2. The molecule has 0 spiro atoms. The Morgan fingerprint density at radius 3 is 2.72 bits per heavy atom. The van der Waals surface area contributed by atoms with Crippen LogP contribution in [-0.2, 0) is 11.3 Å². The Kier molecular flexibility index (Phi) is 5.83. The van der Waals surface area contributed by atoms with Gasteiger partial charge in [0.05, 0.1) is 12.9 Å². The van der Waals surface area contributed by atoms with Crippen LogP contribution in [0.25, 0.3) is 0 Å². The number of methoxy groups -OCH3 is 1. The second-order valence-corrected chi connectivity index (χ2v) is 6.80. The minimum atomic E-state index is -0.0248. The van der Waals surface area contributed by atoms with Gasteiger partial charge in [0.25, 0.3) is 5.91 Å². The van der Waals surface area contributed by atoms with Crippen LogP contribution in [0.15, 0.2) is 43.0 Å². The molecule has 0 aliphatic carbocycles. The average Bonchev–Trinajstić information content (AvgIpc) is 3.14. The first kappa shape index (κ1) is 17.6. The van der Waals surface area contributed by atoms with Crippen LogP contribution in [0.4, 0.5) is 0 Å². The van der Waals surface area contributed by atoms with Crippen molar-refractivity contribution in [2.24, 2.45) is 5.41 Å². The lowest BCUT2D eigenvalue weighted by atomic mass is 9.79. The Morgan fingerprint density at radius 2 is 2.08 bits per heavy atom. The molecule has 0 bridgehead atoms. The molecule has 1 fully saturated rings. The van der Waals surface area contributed by atoms with E-state index in [4.69, 9.17) is 4.74 Å². The summed E-state index contributed by atoms with van der Waals surface area (Å²) in [5.41, 5.74) is 1.87. The fraction of sp³-hybridized carbons (Fsp3) is 0.474. The number of hydrogen-bond donors (Lipinski definition) is 2. The van der Waals surface area contributed by atoms with Gasteiger partial charge in [-0.2, -0.15) is 0 Å². The average molecular weight is 342 g/mol. The minimum Gasteiger partial charge on any atom is -0.384 e. The van der Waals surface area contributed by atoms with Gasteiger partial charge in [0, 0.05) is 43.6 Å². The van der Waals surface area contributed by atoms with Crippen molar-refractivity contribution in [3.8, 4) is 0 Å². The van der Waals surface area contributed by atoms with Gasteiger partial charge in [-0.1, -0.05) is 12.1 Å². The van der Waals surface area contributed by atoms with Gasteiger partial charge < -0.3 is 19.9 Å². The van der Waals surface area contributed by atoms with E-state index in [2.05, 4.69) is 15.6 Å². The van der Waals surface area contributed by atoms with E-state index >= 15 is 0 Å². The SMILES string of the molecule is COCC1(CNC(=O)c2ccc(Cn3ccnc3)cc2)CCNCC1. The molecule has 2 N–H and O–H groups in total. The van der Waals surface area contributed by atoms with Crippen LogP contribution in [0.1, 0.15) is 28.8 Å². The number of carbonyl (C=O) groups is 1. The van der Waals surface area contributed by atoms with Crippen molar-refractivity contribution in [2.45, 2.75) is 19.4 Å². The molecule has 1 aliphatic heterocycles. The van der Waals surface area contributed by atoms with Crippen molar-refractivity contribution >= 4 is 5.91 Å². The minimum absolute atomic E-state index is 0.0248. The molecule has 1 aliphatic rings. The van der Waals surface area contributed by atoms with E-state index in [1.807, 2.05) is 35.0 Å². The topological polar surface area (TPSA) is 68.2 Å². The lowest BCUT2D eigenvalue weighted by Gasteiger charge is -2.37. The zero-order chi connectivity index (χ0) is 17.5. The first-order chi connectivity index (χ1) is 12.2. The molecular weight excluding hydrogens is 316 g/mol. The molecule has 1 aromatic carbocycles. The fourth-order valence-electron chi connectivity index (χ4n) is 3.36. The number of rotatable bonds is 7. The van der Waals surface area contributed by atoms with Crippen molar-refractivity contribution in [2.75, 3.05) is 33.4 Å². The van der Waals surface area contributed by atoms with Gasteiger partial charge in [-0.25, -0.2) is 4.98 Å². The number of piperidine rings is 1. The second kappa shape index (κ2) is 8.27. The Balaban J connectivity index is 1.57. The van der Waals surface area contributed by atoms with Crippen molar-refractivity contribution in [3.05, 3.63) is 54.1 Å². The summed E-state index contributed by atoms with van der Waals surface area (Å²) >= 11 is 0. The van der Waals surface area contributed by atoms with Crippen LogP contribution < -0.4 is 10.6 Å². The summed E-state index contributed by atoms with van der Waals surface area (Å²) < 4.78 is 7.40. The Morgan fingerprint density at radius 1 is 1.32 bits per heavy atom. The van der Waals surface area contributed by atoms with Gasteiger partial charge in [-0.3, -0.25) is 4.79 Å². The van der Waals surface area contributed by atoms with E-state index in [1.165, 1.54) is 0 Å². The third-order valence-electron chi connectivity index (χ3n) is 4.88. The van der Waals surface area contributed by atoms with Crippen LogP contribution in [0.2, 0.25) is 0 Å². The van der Waals surface area contributed by atoms with Crippen molar-refractivity contribution in [1.29, 1.82) is 0 Å². The summed E-state index contributed by atoms with van der Waals surface area (Å²) in [7, 11) is 1.73. The molecule has 3 rings (SSSR count). The van der Waals surface area contributed by atoms with Crippen LogP contribution in [0.3, 0.4) is 0 Å². The molecule has 0 radical (unpaired) electrons. The van der Waals surface area contributed by atoms with Gasteiger partial charge >= 0.3 is 0 Å². The van der Waals surface area contributed by atoms with Crippen LogP contribution in [0.5, 0.6) is 0 Å². The molecule has 1 aromatic heterocycles. The Bertz CT molecular complexity index is 656. The third-order valence-corrected chi connectivity index (χ3v) is 4.88. The number of aromatic nitrogens is 2. The van der Waals surface area contributed by atoms with Gasteiger partial charge in [0.1, 0.15) is 0 Å². The lowest BCUT2D eigenvalue weighted by Crippen LogP contribution is -2.47. The Labute approximate surface area is 148 Å². The van der Waals surface area contributed by atoms with E-state index in [0.29, 0.717) is 18.7 Å². The zero-order valence-corrected chi connectivity index (χ0v) is 14.7. The normalized spacial score (nSPS) is 16.5. The summed E-state index contributed by atoms with van der Waals surface area (Å²) in [6, 6.07) is 7.74. The lowest BCUT2D eigenvalue weighted by molar-refractivity contribution is 0.0512. The largest absolute Gasteiger partial charge is 0.384 e. The van der Waals surface area contributed by atoms with E-state index < -0.39 is 0 Å². The highest BCUT2D eigenvalue weighted by atomic mass is 16.5. The molecule has 134 valence electrons. The summed E-state index contributed by atoms with van der Waals surface area (Å²) in [5.74, 6) is -0.0248. The van der Waals surface area contributed by atoms with Crippen LogP contribution in [-0.4, -0.2) is 48.8 Å². The monoisotopic (exact) mass is 342 g/mol. The molecule has 6 nitrogen and oxygen atoms in total. The fourth-order valence-corrected chi connectivity index (χ4v) is 3.36. The molecule has 6 heteroatoms. The maximum atomic E-state index is 12.5. The third kappa shape index (κ3) is 4.67. The van der Waals surface area contributed by atoms with Crippen molar-refractivity contribution in [3.63, 3.8) is 0 Å². The molecule has 25 heavy (non-hydrogen) atoms. The predicted molar refractivity (Wildman–Crippen MR) is 96.5 cm³/mol. The molecule has 0 atom stereocenters. The summed E-state index contributed by atoms with van der Waals surface area (Å²) in [6.45, 7) is 4.03. The second-order valence-electron chi connectivity index (χ2n) is 6.80. The highest BCUT2D eigenvalue weighted by Gasteiger charge is 2.32. The van der Waals surface area contributed by atoms with E-state index in [1.54, 1.807) is 19.6 Å². The predicted octanol–water partition coefficient (Wildman–Crippen LogP) is 1.68. The van der Waals surface area contributed by atoms with Gasteiger partial charge in [0.15, 0.2) is 0 Å². The number of amides is 1. The first-order valence-corrected chi connectivity index (χ1v) is 8.73. The van der Waals surface area contributed by atoms with Gasteiger partial charge in [-0.15, -0.1) is 0 Å². The smallest absolute Gasteiger partial charge is 0.251 e. The maximum Gasteiger partial charge on any atom is 0.251 e. The number of hydrogen-bond acceptors (Lipinski definition) is 4. The molecule has 2 aromatic rings. The number of ether oxygens (including phenoxy) is 1. The van der Waals surface area contributed by atoms with Gasteiger partial charge in [0.2, 0.25) is 0 Å². The first-order valence-electron chi connectivity index (χ1n) is 8.73. The summed E-state index contributed by atoms with van der Waals surface area (Å²) in [5, 5.41) is 6.46. The molecule has 1 saturated heterocycles. The van der Waals surface area contributed by atoms with Gasteiger partial charge in [-0.05, 0) is 43.6 Å². The molecule has 0 unspecified atom stereocenters. The van der Waals surface area contributed by atoms with E-state index in [-0.39, 0.29) is 11.3 Å². The quantitative estimate of drug-likeness (QED) is 0.803. The van der Waals surface area contributed by atoms with Crippen molar-refractivity contribution in [1.82, 2.24) is 20.2 Å². The number of carbonyl (C=O) groups excluding carboxylic acids is 1. The Hall–Kier alpha value is -2.18. The van der Waals surface area contributed by atoms with E-state index in [0.717, 1.165) is 38.0 Å². The molecule has 2 heterocycles. The number of nitrogens with one attached hydrogen (secondary N) is 2. The van der Waals surface area contributed by atoms with Crippen molar-refractivity contribution < 1.29 is 9.53 Å². The summed E-state index contributed by atoms with van der Waals surface area (Å²) in [6.07, 6.45) is 7.51. The standard InChI is InChI=1S/C19H26N4O2/c1-25-14-19(6-8-20-9-7-19)13-22-18(24)17-4-2-16(3-5-17)12-23-11-10-21-15-23/h2-5,10-11,15,20H,6-9,12-14H2,1H3,(H,22,24). The highest BCUT2D eigenvalue weighted by Crippen LogP contribution is 2.28. The summed E-state index contributed by atoms with van der Waals surface area (Å²) in [4.78, 5) is 16.5. The van der Waals surface area contributed by atoms with E-state index in [9.17, 15) is 4.79 Å². The molecule has 0 saturated carbocycles. The highest BCUT2D eigenvalue weighted by molar-refractivity contribution is 5.94. The number of benzene rings is 1. The van der Waals surface area contributed by atoms with Crippen LogP contribution in [0, 0.1) is 5.41 Å². The zero-order valence-electron chi connectivity index (χ0n) is 14.7. The number of imidazole rings is 1. The van der Waals surface area contributed by atoms with Crippen LogP contribution >= 0.6 is 0 Å².